The Balaban J connectivity index is 1.59. The fraction of sp³-hybridized carbons (Fsp3) is 0.619. The van der Waals surface area contributed by atoms with Crippen molar-refractivity contribution in [2.45, 2.75) is 64.4 Å². The zero-order valence-electron chi connectivity index (χ0n) is 15.0. The van der Waals surface area contributed by atoms with Gasteiger partial charge in [0, 0.05) is 12.3 Å². The molecule has 3 aliphatic rings. The maximum atomic E-state index is 11.8. The number of rotatable bonds is 2. The summed E-state index contributed by atoms with van der Waals surface area (Å²) in [5.41, 5.74) is 2.68. The molecule has 4 heteroatoms. The Morgan fingerprint density at radius 1 is 1.20 bits per heavy atom. The molecule has 5 atom stereocenters. The minimum absolute atomic E-state index is 0.0132. The molecule has 0 unspecified atom stereocenters. The first-order chi connectivity index (χ1) is 11.9. The molecule has 0 aliphatic heterocycles. The van der Waals surface area contributed by atoms with Gasteiger partial charge in [-0.2, -0.15) is 0 Å². The zero-order valence-corrected chi connectivity index (χ0v) is 15.0. The van der Waals surface area contributed by atoms with E-state index in [2.05, 4.69) is 13.0 Å². The summed E-state index contributed by atoms with van der Waals surface area (Å²) < 4.78 is 5.59. The molecule has 25 heavy (non-hydrogen) atoms. The highest BCUT2D eigenvalue weighted by Gasteiger charge is 2.56. The van der Waals surface area contributed by atoms with Crippen LogP contribution in [0.25, 0.3) is 0 Å². The van der Waals surface area contributed by atoms with Crippen molar-refractivity contribution in [2.75, 3.05) is 0 Å². The van der Waals surface area contributed by atoms with Crippen molar-refractivity contribution in [1.29, 1.82) is 0 Å². The molecule has 1 aromatic carbocycles. The van der Waals surface area contributed by atoms with Crippen molar-refractivity contribution >= 4 is 11.8 Å². The highest BCUT2D eigenvalue weighted by Crippen LogP contribution is 2.61. The number of ether oxygens (including phenoxy) is 1. The van der Waals surface area contributed by atoms with Crippen LogP contribution in [0.3, 0.4) is 0 Å². The number of aromatic hydroxyl groups is 1. The Morgan fingerprint density at radius 2 is 2.00 bits per heavy atom. The van der Waals surface area contributed by atoms with Gasteiger partial charge in [-0.05, 0) is 79.5 Å². The summed E-state index contributed by atoms with van der Waals surface area (Å²) in [6, 6.07) is 5.83. The molecule has 0 spiro atoms. The van der Waals surface area contributed by atoms with Crippen molar-refractivity contribution in [1.82, 2.24) is 0 Å². The number of benzene rings is 1. The molecule has 2 fully saturated rings. The summed E-state index contributed by atoms with van der Waals surface area (Å²) >= 11 is 0. The molecule has 134 valence electrons. The van der Waals surface area contributed by atoms with Gasteiger partial charge >= 0.3 is 5.97 Å². The van der Waals surface area contributed by atoms with Gasteiger partial charge in [0.2, 0.25) is 5.78 Å². The van der Waals surface area contributed by atoms with E-state index in [4.69, 9.17) is 4.74 Å². The quantitative estimate of drug-likeness (QED) is 0.657. The molecule has 2 saturated carbocycles. The first-order valence-electron chi connectivity index (χ1n) is 9.43. The lowest BCUT2D eigenvalue weighted by Crippen LogP contribution is -2.45. The van der Waals surface area contributed by atoms with E-state index < -0.39 is 11.8 Å². The molecular weight excluding hydrogens is 316 g/mol. The van der Waals surface area contributed by atoms with E-state index in [1.54, 1.807) is 6.07 Å². The molecule has 0 saturated heterocycles. The molecule has 0 heterocycles. The van der Waals surface area contributed by atoms with E-state index in [9.17, 15) is 14.7 Å². The summed E-state index contributed by atoms with van der Waals surface area (Å²) in [4.78, 5) is 23.1. The Bertz CT molecular complexity index is 725. The first-order valence-corrected chi connectivity index (χ1v) is 9.43. The van der Waals surface area contributed by atoms with Gasteiger partial charge in [-0.15, -0.1) is 0 Å². The van der Waals surface area contributed by atoms with E-state index in [0.717, 1.165) is 38.5 Å². The van der Waals surface area contributed by atoms with Crippen molar-refractivity contribution in [2.24, 2.45) is 17.3 Å². The maximum Gasteiger partial charge on any atom is 0.374 e. The third kappa shape index (κ3) is 2.57. The monoisotopic (exact) mass is 342 g/mol. The third-order valence-corrected chi connectivity index (χ3v) is 7.16. The van der Waals surface area contributed by atoms with Crippen LogP contribution in [-0.2, 0) is 20.7 Å². The second-order valence-corrected chi connectivity index (χ2v) is 8.37. The molecule has 1 aromatic rings. The predicted octanol–water partition coefficient (Wildman–Crippen LogP) is 3.75. The van der Waals surface area contributed by atoms with E-state index in [1.807, 2.05) is 6.07 Å². The normalized spacial score (nSPS) is 36.1. The number of hydrogen-bond donors (Lipinski definition) is 1. The van der Waals surface area contributed by atoms with Crippen LogP contribution in [0.2, 0.25) is 0 Å². The SMILES string of the molecule is CC(=O)C(=O)O[C@H]1CC[C@H]2[C@@H]3CCc4cc(O)ccc4[C@H]3CC[C@]12C. The fourth-order valence-electron chi connectivity index (χ4n) is 5.93. The number of hydrogen-bond acceptors (Lipinski definition) is 4. The van der Waals surface area contributed by atoms with Gasteiger partial charge in [0.15, 0.2) is 0 Å². The van der Waals surface area contributed by atoms with Crippen LogP contribution in [0.4, 0.5) is 0 Å². The van der Waals surface area contributed by atoms with Crippen LogP contribution in [0.15, 0.2) is 18.2 Å². The largest absolute Gasteiger partial charge is 0.508 e. The molecule has 0 bridgehead atoms. The fourth-order valence-corrected chi connectivity index (χ4v) is 5.93. The Kier molecular flexibility index (Phi) is 3.89. The van der Waals surface area contributed by atoms with Gasteiger partial charge in [-0.25, -0.2) is 4.79 Å². The summed E-state index contributed by atoms with van der Waals surface area (Å²) in [7, 11) is 0. The van der Waals surface area contributed by atoms with Gasteiger partial charge < -0.3 is 9.84 Å². The zero-order chi connectivity index (χ0) is 17.8. The number of aryl methyl sites for hydroxylation is 1. The second kappa shape index (κ2) is 5.86. The van der Waals surface area contributed by atoms with Gasteiger partial charge in [-0.3, -0.25) is 4.79 Å². The molecular formula is C21H26O4. The Labute approximate surface area is 148 Å². The van der Waals surface area contributed by atoms with Crippen LogP contribution in [0.5, 0.6) is 5.75 Å². The number of Topliss-reactive ketones (excluding diaryl/α,β-unsaturated/α-hetero) is 1. The lowest BCUT2D eigenvalue weighted by molar-refractivity contribution is -0.163. The summed E-state index contributed by atoms with van der Waals surface area (Å²) in [6.07, 6.45) is 6.06. The number of phenolic OH excluding ortho intramolecular Hbond substituents is 1. The van der Waals surface area contributed by atoms with Crippen LogP contribution in [0.1, 0.15) is 63.0 Å². The van der Waals surface area contributed by atoms with Crippen LogP contribution >= 0.6 is 0 Å². The topological polar surface area (TPSA) is 63.6 Å². The van der Waals surface area contributed by atoms with Crippen molar-refractivity contribution < 1.29 is 19.4 Å². The van der Waals surface area contributed by atoms with Crippen molar-refractivity contribution in [3.8, 4) is 5.75 Å². The lowest BCUT2D eigenvalue weighted by atomic mass is 9.55. The number of phenols is 1. The average molecular weight is 342 g/mol. The minimum atomic E-state index is -0.682. The van der Waals surface area contributed by atoms with Gasteiger partial charge in [0.1, 0.15) is 11.9 Å². The first kappa shape index (κ1) is 16.6. The standard InChI is InChI=1S/C21H26O4/c1-12(22)20(24)25-19-8-7-18-17-5-3-13-11-14(23)4-6-15(13)16(17)9-10-21(18,19)2/h4,6,11,16-19,23H,3,5,7-10H2,1-2H3/t16-,17-,18+,19+,21+/m1/s1. The van der Waals surface area contributed by atoms with Crippen molar-refractivity contribution in [3.63, 3.8) is 0 Å². The average Bonchev–Trinajstić information content (AvgIpc) is 2.91. The van der Waals surface area contributed by atoms with Crippen LogP contribution in [0, 0.1) is 17.3 Å². The van der Waals surface area contributed by atoms with Gasteiger partial charge in [-0.1, -0.05) is 13.0 Å². The molecule has 0 amide bonds. The van der Waals surface area contributed by atoms with E-state index in [1.165, 1.54) is 18.1 Å². The summed E-state index contributed by atoms with van der Waals surface area (Å²) in [5.74, 6) is 0.861. The number of carbonyl (C=O) groups is 2. The van der Waals surface area contributed by atoms with Gasteiger partial charge in [0.25, 0.3) is 0 Å². The molecule has 0 aromatic heterocycles. The number of fused-ring (bicyclic) bond motifs is 5. The van der Waals surface area contributed by atoms with Crippen LogP contribution in [-0.4, -0.2) is 23.0 Å². The molecule has 4 nitrogen and oxygen atoms in total. The van der Waals surface area contributed by atoms with E-state index >= 15 is 0 Å². The number of carbonyl (C=O) groups excluding carboxylic acids is 2. The number of esters is 1. The van der Waals surface area contributed by atoms with Crippen molar-refractivity contribution in [3.05, 3.63) is 29.3 Å². The molecule has 0 radical (unpaired) electrons. The maximum absolute atomic E-state index is 11.8. The predicted molar refractivity (Wildman–Crippen MR) is 93.3 cm³/mol. The highest BCUT2D eigenvalue weighted by molar-refractivity contribution is 6.32. The molecule has 4 rings (SSSR count). The van der Waals surface area contributed by atoms with E-state index in [0.29, 0.717) is 23.5 Å². The minimum Gasteiger partial charge on any atom is -0.508 e. The van der Waals surface area contributed by atoms with Crippen LogP contribution < -0.4 is 0 Å². The summed E-state index contributed by atoms with van der Waals surface area (Å²) in [5, 5.41) is 9.76. The van der Waals surface area contributed by atoms with Gasteiger partial charge in [0.05, 0.1) is 0 Å². The Morgan fingerprint density at radius 3 is 2.76 bits per heavy atom. The molecule has 3 aliphatic carbocycles. The number of ketones is 1. The Hall–Kier alpha value is -1.84. The second-order valence-electron chi connectivity index (χ2n) is 8.37. The lowest BCUT2D eigenvalue weighted by Gasteiger charge is -2.50. The highest BCUT2D eigenvalue weighted by atomic mass is 16.5. The smallest absolute Gasteiger partial charge is 0.374 e. The summed E-state index contributed by atoms with van der Waals surface area (Å²) in [6.45, 7) is 3.53. The third-order valence-electron chi connectivity index (χ3n) is 7.16. The van der Waals surface area contributed by atoms with E-state index in [-0.39, 0.29) is 11.5 Å². The molecule has 1 N–H and O–H groups in total.